The lowest BCUT2D eigenvalue weighted by molar-refractivity contribution is -0.132. The summed E-state index contributed by atoms with van der Waals surface area (Å²) < 4.78 is 13.8. The Labute approximate surface area is 111 Å². The van der Waals surface area contributed by atoms with Gasteiger partial charge in [-0.3, -0.25) is 4.79 Å². The highest BCUT2D eigenvalue weighted by Gasteiger charge is 2.23. The summed E-state index contributed by atoms with van der Waals surface area (Å²) in [5, 5.41) is 11.8. The van der Waals surface area contributed by atoms with Gasteiger partial charge in [-0.15, -0.1) is 0 Å². The quantitative estimate of drug-likeness (QED) is 0.875. The van der Waals surface area contributed by atoms with Gasteiger partial charge in [-0.1, -0.05) is 6.07 Å². The van der Waals surface area contributed by atoms with Crippen LogP contribution in [-0.2, 0) is 11.3 Å². The Morgan fingerprint density at radius 3 is 3.05 bits per heavy atom. The monoisotopic (exact) mass is 261 g/mol. The van der Waals surface area contributed by atoms with Gasteiger partial charge in [0.15, 0.2) is 0 Å². The van der Waals surface area contributed by atoms with Crippen LogP contribution in [0.4, 0.5) is 4.39 Å². The Balaban J connectivity index is 2.16. The number of nitrogens with zero attached hydrogens (tertiary/aromatic N) is 2. The van der Waals surface area contributed by atoms with Crippen LogP contribution in [0.25, 0.3) is 0 Å². The fourth-order valence-electron chi connectivity index (χ4n) is 2.17. The van der Waals surface area contributed by atoms with E-state index in [0.717, 1.165) is 13.0 Å². The molecule has 1 fully saturated rings. The second-order valence-corrected chi connectivity index (χ2v) is 4.71. The van der Waals surface area contributed by atoms with Gasteiger partial charge < -0.3 is 10.2 Å². The fraction of sp³-hybridized carbons (Fsp3) is 0.429. The average molecular weight is 261 g/mol. The van der Waals surface area contributed by atoms with Gasteiger partial charge in [0.2, 0.25) is 5.91 Å². The molecular formula is C14H16FN3O. The van der Waals surface area contributed by atoms with Crippen LogP contribution in [0.15, 0.2) is 18.2 Å². The number of hydrogen-bond donors (Lipinski definition) is 1. The summed E-state index contributed by atoms with van der Waals surface area (Å²) in [6, 6.07) is 6.01. The standard InChI is InChI=1S/C14H16FN3O/c1-10-14(19)18(6-2-5-17-10)9-12-4-3-11(8-16)7-13(12)15/h3-4,7,10,17H,2,5-6,9H2,1H3. The number of carbonyl (C=O) groups is 1. The van der Waals surface area contributed by atoms with Crippen molar-refractivity contribution in [3.05, 3.63) is 35.1 Å². The van der Waals surface area contributed by atoms with Crippen LogP contribution in [0.5, 0.6) is 0 Å². The summed E-state index contributed by atoms with van der Waals surface area (Å²) in [6.45, 7) is 3.48. The number of nitrogens with one attached hydrogen (secondary N) is 1. The molecule has 1 atom stereocenters. The molecule has 0 aromatic heterocycles. The zero-order valence-corrected chi connectivity index (χ0v) is 10.8. The van der Waals surface area contributed by atoms with Gasteiger partial charge in [0.1, 0.15) is 5.82 Å². The van der Waals surface area contributed by atoms with Gasteiger partial charge in [0.25, 0.3) is 0 Å². The van der Waals surface area contributed by atoms with Crippen LogP contribution >= 0.6 is 0 Å². The molecule has 0 aliphatic carbocycles. The van der Waals surface area contributed by atoms with E-state index in [2.05, 4.69) is 5.32 Å². The Morgan fingerprint density at radius 1 is 1.58 bits per heavy atom. The smallest absolute Gasteiger partial charge is 0.239 e. The minimum Gasteiger partial charge on any atom is -0.337 e. The second kappa shape index (κ2) is 5.81. The van der Waals surface area contributed by atoms with Crippen molar-refractivity contribution in [1.82, 2.24) is 10.2 Å². The highest BCUT2D eigenvalue weighted by atomic mass is 19.1. The molecule has 0 saturated carbocycles. The minimum atomic E-state index is -0.434. The van der Waals surface area contributed by atoms with Crippen LogP contribution in [-0.4, -0.2) is 29.9 Å². The molecule has 1 N–H and O–H groups in total. The summed E-state index contributed by atoms with van der Waals surface area (Å²) in [5.41, 5.74) is 0.736. The lowest BCUT2D eigenvalue weighted by Gasteiger charge is -2.23. The van der Waals surface area contributed by atoms with Crippen molar-refractivity contribution >= 4 is 5.91 Å². The van der Waals surface area contributed by atoms with Crippen LogP contribution in [0.1, 0.15) is 24.5 Å². The largest absolute Gasteiger partial charge is 0.337 e. The molecule has 2 rings (SSSR count). The SMILES string of the molecule is CC1NCCCN(Cc2ccc(C#N)cc2F)C1=O. The minimum absolute atomic E-state index is 0.0127. The maximum Gasteiger partial charge on any atom is 0.239 e. The summed E-state index contributed by atoms with van der Waals surface area (Å²) in [7, 11) is 0. The maximum absolute atomic E-state index is 13.8. The lowest BCUT2D eigenvalue weighted by atomic mass is 10.1. The van der Waals surface area contributed by atoms with Gasteiger partial charge in [0.05, 0.1) is 17.7 Å². The first kappa shape index (κ1) is 13.5. The molecular weight excluding hydrogens is 245 g/mol. The average Bonchev–Trinajstić information content (AvgIpc) is 2.56. The van der Waals surface area contributed by atoms with E-state index in [1.54, 1.807) is 17.0 Å². The summed E-state index contributed by atoms with van der Waals surface area (Å²) in [6.07, 6.45) is 0.855. The number of nitriles is 1. The Bertz CT molecular complexity index is 524. The Morgan fingerprint density at radius 2 is 2.37 bits per heavy atom. The van der Waals surface area contributed by atoms with Crippen molar-refractivity contribution < 1.29 is 9.18 Å². The van der Waals surface area contributed by atoms with E-state index in [9.17, 15) is 9.18 Å². The number of benzene rings is 1. The highest BCUT2D eigenvalue weighted by Crippen LogP contribution is 2.14. The van der Waals surface area contributed by atoms with Crippen LogP contribution in [0, 0.1) is 17.1 Å². The van der Waals surface area contributed by atoms with Gasteiger partial charge in [-0.05, 0) is 32.0 Å². The maximum atomic E-state index is 13.8. The first-order chi connectivity index (χ1) is 9.11. The van der Waals surface area contributed by atoms with Crippen molar-refractivity contribution in [1.29, 1.82) is 5.26 Å². The van der Waals surface area contributed by atoms with Crippen LogP contribution in [0.2, 0.25) is 0 Å². The summed E-state index contributed by atoms with van der Waals surface area (Å²) in [4.78, 5) is 13.7. The third-order valence-corrected chi connectivity index (χ3v) is 3.28. The third kappa shape index (κ3) is 3.09. The van der Waals surface area contributed by atoms with E-state index >= 15 is 0 Å². The molecule has 4 nitrogen and oxygen atoms in total. The fourth-order valence-corrected chi connectivity index (χ4v) is 2.17. The van der Waals surface area contributed by atoms with Gasteiger partial charge in [0, 0.05) is 18.7 Å². The molecule has 5 heteroatoms. The number of halogens is 1. The molecule has 19 heavy (non-hydrogen) atoms. The molecule has 1 unspecified atom stereocenters. The molecule has 0 bridgehead atoms. The van der Waals surface area contributed by atoms with E-state index in [1.807, 2.05) is 13.0 Å². The van der Waals surface area contributed by atoms with E-state index in [1.165, 1.54) is 6.07 Å². The number of carbonyl (C=O) groups excluding carboxylic acids is 1. The van der Waals surface area contributed by atoms with Crippen molar-refractivity contribution in [3.63, 3.8) is 0 Å². The number of amides is 1. The van der Waals surface area contributed by atoms with Crippen molar-refractivity contribution in [2.45, 2.75) is 25.9 Å². The second-order valence-electron chi connectivity index (χ2n) is 4.71. The molecule has 0 radical (unpaired) electrons. The Kier molecular flexibility index (Phi) is 4.13. The molecule has 1 aromatic rings. The van der Waals surface area contributed by atoms with Crippen molar-refractivity contribution in [3.8, 4) is 6.07 Å². The summed E-state index contributed by atoms with van der Waals surface area (Å²) >= 11 is 0. The van der Waals surface area contributed by atoms with Crippen LogP contribution < -0.4 is 5.32 Å². The van der Waals surface area contributed by atoms with E-state index in [0.29, 0.717) is 17.7 Å². The predicted molar refractivity (Wildman–Crippen MR) is 68.6 cm³/mol. The Hall–Kier alpha value is -1.93. The van der Waals surface area contributed by atoms with E-state index < -0.39 is 5.82 Å². The molecule has 1 aliphatic heterocycles. The van der Waals surface area contributed by atoms with E-state index in [4.69, 9.17) is 5.26 Å². The van der Waals surface area contributed by atoms with E-state index in [-0.39, 0.29) is 18.5 Å². The zero-order chi connectivity index (χ0) is 13.8. The summed E-state index contributed by atoms with van der Waals surface area (Å²) in [5.74, 6) is -0.446. The molecule has 1 aromatic carbocycles. The molecule has 1 heterocycles. The molecule has 100 valence electrons. The third-order valence-electron chi connectivity index (χ3n) is 3.28. The number of rotatable bonds is 2. The first-order valence-corrected chi connectivity index (χ1v) is 6.32. The molecule has 0 spiro atoms. The van der Waals surface area contributed by atoms with Crippen LogP contribution in [0.3, 0.4) is 0 Å². The van der Waals surface area contributed by atoms with Crippen molar-refractivity contribution in [2.24, 2.45) is 0 Å². The topological polar surface area (TPSA) is 56.1 Å². The van der Waals surface area contributed by atoms with Crippen molar-refractivity contribution in [2.75, 3.05) is 13.1 Å². The molecule has 1 saturated heterocycles. The first-order valence-electron chi connectivity index (χ1n) is 6.32. The zero-order valence-electron chi connectivity index (χ0n) is 10.8. The van der Waals surface area contributed by atoms with Gasteiger partial charge in [-0.25, -0.2) is 4.39 Å². The lowest BCUT2D eigenvalue weighted by Crippen LogP contribution is -2.41. The molecule has 1 amide bonds. The van der Waals surface area contributed by atoms with Gasteiger partial charge >= 0.3 is 0 Å². The molecule has 1 aliphatic rings. The number of hydrogen-bond acceptors (Lipinski definition) is 3. The van der Waals surface area contributed by atoms with Gasteiger partial charge in [-0.2, -0.15) is 5.26 Å². The predicted octanol–water partition coefficient (Wildman–Crippen LogP) is 1.41. The highest BCUT2D eigenvalue weighted by molar-refractivity contribution is 5.81. The normalized spacial score (nSPS) is 19.9.